The van der Waals surface area contributed by atoms with Gasteiger partial charge in [0.25, 0.3) is 0 Å². The number of hydrogen-bond donors (Lipinski definition) is 2. The van der Waals surface area contributed by atoms with Crippen LogP contribution in [-0.2, 0) is 9.53 Å². The number of urea groups is 1. The molecule has 0 aliphatic rings. The molecule has 0 bridgehead atoms. The predicted octanol–water partition coefficient (Wildman–Crippen LogP) is 1.21. The van der Waals surface area contributed by atoms with E-state index in [1.54, 1.807) is 6.92 Å². The number of carbonyl (C=O) groups excluding carboxylic acids is 2. The summed E-state index contributed by atoms with van der Waals surface area (Å²) in [7, 11) is 0. The molecule has 0 atom stereocenters. The van der Waals surface area contributed by atoms with Crippen LogP contribution in [0.1, 0.15) is 26.7 Å². The van der Waals surface area contributed by atoms with Crippen LogP contribution in [-0.4, -0.2) is 31.7 Å². The van der Waals surface area contributed by atoms with Crippen LogP contribution in [0.25, 0.3) is 0 Å². The summed E-state index contributed by atoms with van der Waals surface area (Å²) >= 11 is 0. The third-order valence-corrected chi connectivity index (χ3v) is 1.78. The summed E-state index contributed by atoms with van der Waals surface area (Å²) in [5, 5.41) is 5.31. The molecule has 0 rings (SSSR count). The Labute approximate surface area is 96.2 Å². The molecule has 0 unspecified atom stereocenters. The number of nitrogens with one attached hydrogen (secondary N) is 2. The minimum atomic E-state index is -0.364. The van der Waals surface area contributed by atoms with Crippen LogP contribution in [0, 0.1) is 0 Å². The number of carbonyl (C=O) groups is 2. The number of esters is 1. The molecule has 0 aliphatic heterocycles. The molecule has 0 aromatic carbocycles. The Bertz CT molecular complexity index is 252. The normalized spacial score (nSPS) is 9.38. The van der Waals surface area contributed by atoms with Crippen LogP contribution in [0.4, 0.5) is 4.79 Å². The second-order valence-electron chi connectivity index (χ2n) is 3.41. The minimum Gasteiger partial charge on any atom is -0.462 e. The lowest BCUT2D eigenvalue weighted by molar-refractivity contribution is -0.139. The zero-order chi connectivity index (χ0) is 12.4. The van der Waals surface area contributed by atoms with Crippen LogP contribution >= 0.6 is 0 Å². The summed E-state index contributed by atoms with van der Waals surface area (Å²) in [5.74, 6) is -0.364. The molecule has 5 heteroatoms. The van der Waals surface area contributed by atoms with Gasteiger partial charge in [-0.15, -0.1) is 0 Å². The van der Waals surface area contributed by atoms with Gasteiger partial charge < -0.3 is 15.4 Å². The second kappa shape index (κ2) is 8.76. The molecule has 92 valence electrons. The Balaban J connectivity index is 3.31. The maximum atomic E-state index is 11.0. The van der Waals surface area contributed by atoms with E-state index in [2.05, 4.69) is 17.2 Å². The van der Waals surface area contributed by atoms with Crippen LogP contribution < -0.4 is 10.6 Å². The van der Waals surface area contributed by atoms with Gasteiger partial charge in [-0.3, -0.25) is 0 Å². The van der Waals surface area contributed by atoms with Gasteiger partial charge in [0.15, 0.2) is 0 Å². The molecule has 16 heavy (non-hydrogen) atoms. The number of rotatable bonds is 7. The van der Waals surface area contributed by atoms with Gasteiger partial charge in [-0.2, -0.15) is 0 Å². The van der Waals surface area contributed by atoms with Crippen LogP contribution in [0.15, 0.2) is 12.2 Å². The molecule has 2 N–H and O–H groups in total. The number of amides is 2. The smallest absolute Gasteiger partial charge is 0.333 e. The standard InChI is InChI=1S/C11H20N2O3/c1-4-12-11(15)13-7-5-6-8-16-10(14)9(2)3/h2,4-8H2,1,3H3,(H2,12,13,15). The first-order chi connectivity index (χ1) is 7.57. The Morgan fingerprint density at radius 2 is 1.94 bits per heavy atom. The Hall–Kier alpha value is -1.52. The summed E-state index contributed by atoms with van der Waals surface area (Å²) in [4.78, 5) is 21.9. The quantitative estimate of drug-likeness (QED) is 0.391. The molecule has 0 saturated carbocycles. The summed E-state index contributed by atoms with van der Waals surface area (Å²) < 4.78 is 4.89. The third kappa shape index (κ3) is 7.84. The van der Waals surface area contributed by atoms with E-state index in [1.165, 1.54) is 0 Å². The Kier molecular flexibility index (Phi) is 7.93. The van der Waals surface area contributed by atoms with Gasteiger partial charge in [0.05, 0.1) is 6.61 Å². The molecular formula is C11H20N2O3. The highest BCUT2D eigenvalue weighted by Crippen LogP contribution is 1.95. The lowest BCUT2D eigenvalue weighted by Gasteiger charge is -2.06. The highest BCUT2D eigenvalue weighted by Gasteiger charge is 2.02. The minimum absolute atomic E-state index is 0.165. The summed E-state index contributed by atoms with van der Waals surface area (Å²) in [6, 6.07) is -0.165. The fourth-order valence-electron chi connectivity index (χ4n) is 0.940. The van der Waals surface area contributed by atoms with E-state index in [1.807, 2.05) is 6.92 Å². The average molecular weight is 228 g/mol. The van der Waals surface area contributed by atoms with Crippen molar-refractivity contribution in [2.24, 2.45) is 0 Å². The van der Waals surface area contributed by atoms with Crippen molar-refractivity contribution in [1.29, 1.82) is 0 Å². The monoisotopic (exact) mass is 228 g/mol. The number of hydrogen-bond acceptors (Lipinski definition) is 3. The fourth-order valence-corrected chi connectivity index (χ4v) is 0.940. The lowest BCUT2D eigenvalue weighted by atomic mass is 10.3. The number of unbranched alkanes of at least 4 members (excludes halogenated alkanes) is 1. The van der Waals surface area contributed by atoms with E-state index >= 15 is 0 Å². The molecule has 2 amide bonds. The summed E-state index contributed by atoms with van der Waals surface area (Å²) in [6.07, 6.45) is 1.51. The van der Waals surface area contributed by atoms with E-state index in [-0.39, 0.29) is 12.0 Å². The highest BCUT2D eigenvalue weighted by atomic mass is 16.5. The first kappa shape index (κ1) is 14.5. The van der Waals surface area contributed by atoms with E-state index in [9.17, 15) is 9.59 Å². The Morgan fingerprint density at radius 3 is 2.50 bits per heavy atom. The zero-order valence-electron chi connectivity index (χ0n) is 9.97. The van der Waals surface area contributed by atoms with E-state index < -0.39 is 0 Å². The molecule has 0 heterocycles. The van der Waals surface area contributed by atoms with Gasteiger partial charge in [0.2, 0.25) is 0 Å². The Morgan fingerprint density at radius 1 is 1.25 bits per heavy atom. The molecule has 0 aliphatic carbocycles. The van der Waals surface area contributed by atoms with Crippen LogP contribution in [0.3, 0.4) is 0 Å². The molecule has 5 nitrogen and oxygen atoms in total. The predicted molar refractivity (Wildman–Crippen MR) is 62.1 cm³/mol. The fraction of sp³-hybridized carbons (Fsp3) is 0.636. The largest absolute Gasteiger partial charge is 0.462 e. The lowest BCUT2D eigenvalue weighted by Crippen LogP contribution is -2.35. The van der Waals surface area contributed by atoms with Crippen LogP contribution in [0.2, 0.25) is 0 Å². The molecular weight excluding hydrogens is 208 g/mol. The van der Waals surface area contributed by atoms with Gasteiger partial charge in [-0.1, -0.05) is 6.58 Å². The number of ether oxygens (including phenoxy) is 1. The highest BCUT2D eigenvalue weighted by molar-refractivity contribution is 5.86. The van der Waals surface area contributed by atoms with Gasteiger partial charge >= 0.3 is 12.0 Å². The SMILES string of the molecule is C=C(C)C(=O)OCCCCNC(=O)NCC. The van der Waals surface area contributed by atoms with Crippen molar-refractivity contribution < 1.29 is 14.3 Å². The van der Waals surface area contributed by atoms with Crippen molar-refractivity contribution in [3.63, 3.8) is 0 Å². The van der Waals surface area contributed by atoms with E-state index in [4.69, 9.17) is 4.74 Å². The van der Waals surface area contributed by atoms with Gasteiger partial charge in [0.1, 0.15) is 0 Å². The van der Waals surface area contributed by atoms with Crippen molar-refractivity contribution in [1.82, 2.24) is 10.6 Å². The van der Waals surface area contributed by atoms with E-state index in [0.29, 0.717) is 25.3 Å². The molecule has 0 radical (unpaired) electrons. The first-order valence-electron chi connectivity index (χ1n) is 5.42. The van der Waals surface area contributed by atoms with Gasteiger partial charge in [-0.25, -0.2) is 9.59 Å². The van der Waals surface area contributed by atoms with Crippen molar-refractivity contribution in [2.75, 3.05) is 19.7 Å². The van der Waals surface area contributed by atoms with Crippen molar-refractivity contribution in [3.8, 4) is 0 Å². The molecule has 0 spiro atoms. The second-order valence-corrected chi connectivity index (χ2v) is 3.41. The summed E-state index contributed by atoms with van der Waals surface area (Å²) in [6.45, 7) is 8.50. The maximum Gasteiger partial charge on any atom is 0.333 e. The van der Waals surface area contributed by atoms with E-state index in [0.717, 1.165) is 12.8 Å². The topological polar surface area (TPSA) is 67.4 Å². The molecule has 0 saturated heterocycles. The van der Waals surface area contributed by atoms with Gasteiger partial charge in [-0.05, 0) is 26.7 Å². The summed E-state index contributed by atoms with van der Waals surface area (Å²) in [5.41, 5.74) is 0.403. The zero-order valence-corrected chi connectivity index (χ0v) is 9.97. The van der Waals surface area contributed by atoms with Crippen LogP contribution in [0.5, 0.6) is 0 Å². The maximum absolute atomic E-state index is 11.0. The third-order valence-electron chi connectivity index (χ3n) is 1.78. The molecule has 0 aromatic heterocycles. The molecule has 0 fully saturated rings. The van der Waals surface area contributed by atoms with Gasteiger partial charge in [0, 0.05) is 18.7 Å². The average Bonchev–Trinajstić information content (AvgIpc) is 2.23. The van der Waals surface area contributed by atoms with Crippen molar-refractivity contribution >= 4 is 12.0 Å². The van der Waals surface area contributed by atoms with Crippen molar-refractivity contribution in [2.45, 2.75) is 26.7 Å². The molecule has 0 aromatic rings. The van der Waals surface area contributed by atoms with Crippen molar-refractivity contribution in [3.05, 3.63) is 12.2 Å². The first-order valence-corrected chi connectivity index (χ1v) is 5.42.